The highest BCUT2D eigenvalue weighted by Gasteiger charge is 2.16. The van der Waals surface area contributed by atoms with Crippen molar-refractivity contribution in [3.8, 4) is 0 Å². The molecule has 0 saturated carbocycles. The number of benzene rings is 2. The number of aromatic amines is 1. The van der Waals surface area contributed by atoms with Crippen molar-refractivity contribution in [1.29, 1.82) is 0 Å². The molecule has 122 valence electrons. The van der Waals surface area contributed by atoms with Gasteiger partial charge in [0.2, 0.25) is 0 Å². The van der Waals surface area contributed by atoms with Crippen LogP contribution in [0.25, 0.3) is 16.7 Å². The largest absolute Gasteiger partial charge is 0.507 e. The molecule has 2 aromatic carbocycles. The van der Waals surface area contributed by atoms with Gasteiger partial charge in [0.1, 0.15) is 11.6 Å². The number of ketones is 1. The second-order valence-electron chi connectivity index (χ2n) is 5.61. The van der Waals surface area contributed by atoms with Crippen LogP contribution in [0.15, 0.2) is 48.5 Å². The predicted molar refractivity (Wildman–Crippen MR) is 93.8 cm³/mol. The third-order valence-corrected chi connectivity index (χ3v) is 3.96. The molecule has 2 N–H and O–H groups in total. The minimum atomic E-state index is -0.304. The van der Waals surface area contributed by atoms with Crippen molar-refractivity contribution in [3.05, 3.63) is 76.2 Å². The van der Waals surface area contributed by atoms with E-state index >= 15 is 0 Å². The van der Waals surface area contributed by atoms with Crippen molar-refractivity contribution in [2.24, 2.45) is 0 Å². The average molecular weight is 344 g/mol. The summed E-state index contributed by atoms with van der Waals surface area (Å²) in [6.45, 7) is 1.37. The van der Waals surface area contributed by atoms with E-state index in [-0.39, 0.29) is 17.4 Å². The molecule has 0 bridgehead atoms. The number of fused-ring (bicyclic) bond motifs is 1. The van der Waals surface area contributed by atoms with Crippen LogP contribution in [-0.4, -0.2) is 15.9 Å². The summed E-state index contributed by atoms with van der Waals surface area (Å²) in [5.41, 5.74) is 2.95. The Morgan fingerprint density at radius 1 is 1.25 bits per heavy atom. The predicted octanol–water partition coefficient (Wildman–Crippen LogP) is 5.04. The highest BCUT2D eigenvalue weighted by atomic mass is 35.5. The number of rotatable bonds is 4. The molecule has 0 saturated heterocycles. The van der Waals surface area contributed by atoms with Crippen LogP contribution in [0, 0.1) is 5.82 Å². The van der Waals surface area contributed by atoms with E-state index in [0.29, 0.717) is 17.0 Å². The summed E-state index contributed by atoms with van der Waals surface area (Å²) < 4.78 is 13.1. The molecule has 3 aromatic rings. The second kappa shape index (κ2) is 6.49. The van der Waals surface area contributed by atoms with E-state index < -0.39 is 0 Å². The lowest BCUT2D eigenvalue weighted by molar-refractivity contribution is -0.112. The van der Waals surface area contributed by atoms with E-state index in [1.807, 2.05) is 6.07 Å². The van der Waals surface area contributed by atoms with E-state index in [2.05, 4.69) is 4.98 Å². The number of hydrogen-bond acceptors (Lipinski definition) is 2. The summed E-state index contributed by atoms with van der Waals surface area (Å²) in [6.07, 6.45) is 1.63. The summed E-state index contributed by atoms with van der Waals surface area (Å²) in [5, 5.41) is 11.7. The SMILES string of the molecule is CC(=O)/C=C(\O)c1c(Cc2ccc(F)cc2)[nH]c2ccc(Cl)cc12. The fourth-order valence-electron chi connectivity index (χ4n) is 2.72. The van der Waals surface area contributed by atoms with Gasteiger partial charge in [-0.25, -0.2) is 4.39 Å². The van der Waals surface area contributed by atoms with Gasteiger partial charge in [-0.1, -0.05) is 23.7 Å². The molecule has 0 aliphatic heterocycles. The minimum Gasteiger partial charge on any atom is -0.507 e. The molecule has 1 aromatic heterocycles. The molecule has 0 spiro atoms. The molecule has 3 nitrogen and oxygen atoms in total. The molecule has 0 fully saturated rings. The van der Waals surface area contributed by atoms with E-state index in [0.717, 1.165) is 22.2 Å². The van der Waals surface area contributed by atoms with Gasteiger partial charge in [-0.15, -0.1) is 0 Å². The van der Waals surface area contributed by atoms with Crippen molar-refractivity contribution >= 4 is 34.0 Å². The van der Waals surface area contributed by atoms with Gasteiger partial charge in [-0.05, 0) is 42.8 Å². The summed E-state index contributed by atoms with van der Waals surface area (Å²) >= 11 is 6.06. The third-order valence-electron chi connectivity index (χ3n) is 3.73. The lowest BCUT2D eigenvalue weighted by Gasteiger charge is -2.05. The number of nitrogens with one attached hydrogen (secondary N) is 1. The van der Waals surface area contributed by atoms with Gasteiger partial charge in [-0.3, -0.25) is 4.79 Å². The highest BCUT2D eigenvalue weighted by Crippen LogP contribution is 2.31. The van der Waals surface area contributed by atoms with Gasteiger partial charge in [0.25, 0.3) is 0 Å². The van der Waals surface area contributed by atoms with Crippen LogP contribution in [0.4, 0.5) is 4.39 Å². The Labute approximate surface area is 143 Å². The fraction of sp³-hybridized carbons (Fsp3) is 0.105. The van der Waals surface area contributed by atoms with E-state index in [1.54, 1.807) is 24.3 Å². The molecule has 0 atom stereocenters. The Morgan fingerprint density at radius 3 is 2.62 bits per heavy atom. The number of aliphatic hydroxyl groups excluding tert-OH is 1. The first-order chi connectivity index (χ1) is 11.4. The number of allylic oxidation sites excluding steroid dienone is 1. The zero-order chi connectivity index (χ0) is 17.3. The molecular weight excluding hydrogens is 329 g/mol. The van der Waals surface area contributed by atoms with Crippen LogP contribution in [0.3, 0.4) is 0 Å². The maximum Gasteiger partial charge on any atom is 0.156 e. The van der Waals surface area contributed by atoms with Crippen LogP contribution in [0.2, 0.25) is 5.02 Å². The number of hydrogen-bond donors (Lipinski definition) is 2. The van der Waals surface area contributed by atoms with Gasteiger partial charge < -0.3 is 10.1 Å². The lowest BCUT2D eigenvalue weighted by Crippen LogP contribution is -1.96. The number of H-pyrrole nitrogens is 1. The first-order valence-electron chi connectivity index (χ1n) is 7.40. The summed E-state index contributed by atoms with van der Waals surface area (Å²) in [5.74, 6) is -0.675. The van der Waals surface area contributed by atoms with Crippen LogP contribution < -0.4 is 0 Å². The first kappa shape index (κ1) is 16.3. The third kappa shape index (κ3) is 3.34. The topological polar surface area (TPSA) is 53.1 Å². The van der Waals surface area contributed by atoms with Crippen molar-refractivity contribution in [2.75, 3.05) is 0 Å². The highest BCUT2D eigenvalue weighted by molar-refractivity contribution is 6.31. The van der Waals surface area contributed by atoms with Gasteiger partial charge in [-0.2, -0.15) is 0 Å². The second-order valence-corrected chi connectivity index (χ2v) is 6.05. The Hall–Kier alpha value is -2.59. The minimum absolute atomic E-state index is 0.117. The van der Waals surface area contributed by atoms with Crippen LogP contribution in [0.5, 0.6) is 0 Å². The molecule has 5 heteroatoms. The normalized spacial score (nSPS) is 11.9. The summed E-state index contributed by atoms with van der Waals surface area (Å²) in [6, 6.07) is 11.4. The molecule has 0 amide bonds. The molecule has 3 rings (SSSR count). The van der Waals surface area contributed by atoms with E-state index in [1.165, 1.54) is 25.1 Å². The molecule has 0 aliphatic rings. The first-order valence-corrected chi connectivity index (χ1v) is 7.78. The van der Waals surface area contributed by atoms with Crippen LogP contribution >= 0.6 is 11.6 Å². The van der Waals surface area contributed by atoms with Gasteiger partial charge in [0, 0.05) is 39.7 Å². The zero-order valence-corrected chi connectivity index (χ0v) is 13.7. The number of aliphatic hydroxyl groups is 1. The quantitative estimate of drug-likeness (QED) is 0.515. The molecule has 24 heavy (non-hydrogen) atoms. The monoisotopic (exact) mass is 343 g/mol. The van der Waals surface area contributed by atoms with Crippen LogP contribution in [-0.2, 0) is 11.2 Å². The Balaban J connectivity index is 2.15. The van der Waals surface area contributed by atoms with E-state index in [9.17, 15) is 14.3 Å². The maximum atomic E-state index is 13.1. The van der Waals surface area contributed by atoms with Crippen molar-refractivity contribution in [3.63, 3.8) is 0 Å². The van der Waals surface area contributed by atoms with E-state index in [4.69, 9.17) is 11.6 Å². The zero-order valence-electron chi connectivity index (χ0n) is 12.9. The molecule has 1 heterocycles. The number of carbonyl (C=O) groups is 1. The van der Waals surface area contributed by atoms with Crippen LogP contribution in [0.1, 0.15) is 23.7 Å². The average Bonchev–Trinajstić information content (AvgIpc) is 2.86. The number of aromatic nitrogens is 1. The molecule has 0 aliphatic carbocycles. The number of carbonyl (C=O) groups excluding carboxylic acids is 1. The molecule has 0 radical (unpaired) electrons. The van der Waals surface area contributed by atoms with Gasteiger partial charge in [0.05, 0.1) is 0 Å². The summed E-state index contributed by atoms with van der Waals surface area (Å²) in [7, 11) is 0. The van der Waals surface area contributed by atoms with Crippen molar-refractivity contribution in [2.45, 2.75) is 13.3 Å². The fourth-order valence-corrected chi connectivity index (χ4v) is 2.89. The standard InChI is InChI=1S/C19H15ClFNO2/c1-11(23)8-18(24)19-15-10-13(20)4-7-16(15)22-17(19)9-12-2-5-14(21)6-3-12/h2-8,10,22,24H,9H2,1H3/b18-8-. The number of halogens is 2. The lowest BCUT2D eigenvalue weighted by atomic mass is 10.0. The maximum absolute atomic E-state index is 13.1. The Morgan fingerprint density at radius 2 is 1.96 bits per heavy atom. The Kier molecular flexibility index (Phi) is 4.40. The smallest absolute Gasteiger partial charge is 0.156 e. The Bertz CT molecular complexity index is 942. The molecular formula is C19H15ClFNO2. The molecule has 0 unspecified atom stereocenters. The van der Waals surface area contributed by atoms with Gasteiger partial charge >= 0.3 is 0 Å². The van der Waals surface area contributed by atoms with Crippen molar-refractivity contribution < 1.29 is 14.3 Å². The van der Waals surface area contributed by atoms with Crippen molar-refractivity contribution in [1.82, 2.24) is 4.98 Å². The van der Waals surface area contributed by atoms with Gasteiger partial charge in [0.15, 0.2) is 5.78 Å². The summed E-state index contributed by atoms with van der Waals surface area (Å²) in [4.78, 5) is 14.6.